The van der Waals surface area contributed by atoms with Gasteiger partial charge in [0.1, 0.15) is 0 Å². The fourth-order valence-electron chi connectivity index (χ4n) is 3.39. The Morgan fingerprint density at radius 2 is 2.10 bits per heavy atom. The minimum atomic E-state index is 0.159. The molecule has 2 aliphatic heterocycles. The second-order valence-corrected chi connectivity index (χ2v) is 6.06. The van der Waals surface area contributed by atoms with E-state index in [0.29, 0.717) is 19.2 Å². The highest BCUT2D eigenvalue weighted by Gasteiger charge is 2.30. The number of morpholine rings is 1. The molecule has 1 amide bonds. The highest BCUT2D eigenvalue weighted by molar-refractivity contribution is 5.78. The summed E-state index contributed by atoms with van der Waals surface area (Å²) in [7, 11) is 0. The zero-order chi connectivity index (χ0) is 14.7. The largest absolute Gasteiger partial charge is 0.375 e. The van der Waals surface area contributed by atoms with E-state index in [1.54, 1.807) is 0 Å². The van der Waals surface area contributed by atoms with Gasteiger partial charge in [0.25, 0.3) is 0 Å². The van der Waals surface area contributed by atoms with Crippen LogP contribution < -0.4 is 0 Å². The molecule has 0 aliphatic carbocycles. The Morgan fingerprint density at radius 1 is 1.29 bits per heavy atom. The summed E-state index contributed by atoms with van der Waals surface area (Å²) in [4.78, 5) is 16.8. The molecule has 1 aromatic carbocycles. The van der Waals surface area contributed by atoms with Crippen molar-refractivity contribution in [2.75, 3.05) is 32.8 Å². The normalized spacial score (nSPS) is 27.0. The van der Waals surface area contributed by atoms with Crippen molar-refractivity contribution in [2.24, 2.45) is 0 Å². The molecule has 4 nitrogen and oxygen atoms in total. The average Bonchev–Trinajstić information content (AvgIpc) is 2.96. The molecule has 4 heteroatoms. The Hall–Kier alpha value is -1.39. The van der Waals surface area contributed by atoms with Gasteiger partial charge in [-0.1, -0.05) is 30.3 Å². The van der Waals surface area contributed by atoms with Gasteiger partial charge in [-0.15, -0.1) is 0 Å². The van der Waals surface area contributed by atoms with Crippen LogP contribution in [0.2, 0.25) is 0 Å². The lowest BCUT2D eigenvalue weighted by molar-refractivity contribution is -0.139. The first-order valence-corrected chi connectivity index (χ1v) is 7.92. The van der Waals surface area contributed by atoms with Crippen molar-refractivity contribution in [3.63, 3.8) is 0 Å². The average molecular weight is 288 g/mol. The summed E-state index contributed by atoms with van der Waals surface area (Å²) in [6, 6.07) is 10.9. The van der Waals surface area contributed by atoms with Crippen LogP contribution >= 0.6 is 0 Å². The molecule has 0 bridgehead atoms. The summed E-state index contributed by atoms with van der Waals surface area (Å²) in [5, 5.41) is 0. The van der Waals surface area contributed by atoms with E-state index >= 15 is 0 Å². The first-order valence-electron chi connectivity index (χ1n) is 7.92. The number of rotatable bonds is 3. The molecule has 0 aromatic heterocycles. The molecule has 0 N–H and O–H groups in total. The van der Waals surface area contributed by atoms with Crippen LogP contribution in [0, 0.1) is 0 Å². The quantitative estimate of drug-likeness (QED) is 0.853. The number of carbonyl (C=O) groups is 1. The highest BCUT2D eigenvalue weighted by Crippen LogP contribution is 2.31. The molecule has 0 unspecified atom stereocenters. The molecule has 1 aromatic rings. The zero-order valence-electron chi connectivity index (χ0n) is 12.7. The zero-order valence-corrected chi connectivity index (χ0v) is 12.7. The van der Waals surface area contributed by atoms with Crippen molar-refractivity contribution >= 4 is 5.91 Å². The minimum absolute atomic E-state index is 0.159. The molecule has 2 atom stereocenters. The number of ether oxygens (including phenoxy) is 1. The number of hydrogen-bond donors (Lipinski definition) is 0. The lowest BCUT2D eigenvalue weighted by Gasteiger charge is -2.33. The lowest BCUT2D eigenvalue weighted by atomic mass is 10.0. The van der Waals surface area contributed by atoms with E-state index in [1.165, 1.54) is 12.0 Å². The molecule has 2 fully saturated rings. The smallest absolute Gasteiger partial charge is 0.236 e. The van der Waals surface area contributed by atoms with E-state index in [-0.39, 0.29) is 12.0 Å². The van der Waals surface area contributed by atoms with Crippen molar-refractivity contribution in [1.29, 1.82) is 0 Å². The Labute approximate surface area is 126 Å². The molecule has 114 valence electrons. The van der Waals surface area contributed by atoms with Crippen LogP contribution in [-0.2, 0) is 9.53 Å². The van der Waals surface area contributed by atoms with Gasteiger partial charge >= 0.3 is 0 Å². The Bertz CT molecular complexity index is 477. The molecule has 2 aliphatic rings. The standard InChI is InChI=1S/C17H24N2O2/c1-14-12-19(10-11-21-14)17(20)13-18-9-5-8-16(18)15-6-3-2-4-7-15/h2-4,6-7,14,16H,5,8-13H2,1H3/t14-,16+/m0/s1. The topological polar surface area (TPSA) is 32.8 Å². The summed E-state index contributed by atoms with van der Waals surface area (Å²) in [5.74, 6) is 0.244. The van der Waals surface area contributed by atoms with Gasteiger partial charge in [-0.2, -0.15) is 0 Å². The summed E-state index contributed by atoms with van der Waals surface area (Å²) < 4.78 is 5.51. The highest BCUT2D eigenvalue weighted by atomic mass is 16.5. The first-order chi connectivity index (χ1) is 10.2. The van der Waals surface area contributed by atoms with E-state index < -0.39 is 0 Å². The van der Waals surface area contributed by atoms with E-state index in [2.05, 4.69) is 29.2 Å². The van der Waals surface area contributed by atoms with Crippen molar-refractivity contribution in [3.8, 4) is 0 Å². The predicted octanol–water partition coefficient (Wildman–Crippen LogP) is 2.07. The lowest BCUT2D eigenvalue weighted by Crippen LogP contribution is -2.48. The van der Waals surface area contributed by atoms with Crippen LogP contribution in [0.4, 0.5) is 0 Å². The Kier molecular flexibility index (Phi) is 4.56. The summed E-state index contributed by atoms with van der Waals surface area (Å²) in [6.45, 7) is 5.70. The van der Waals surface area contributed by atoms with Crippen molar-refractivity contribution in [1.82, 2.24) is 9.80 Å². The Morgan fingerprint density at radius 3 is 2.86 bits per heavy atom. The van der Waals surface area contributed by atoms with Gasteiger partial charge < -0.3 is 9.64 Å². The van der Waals surface area contributed by atoms with Crippen molar-refractivity contribution < 1.29 is 9.53 Å². The van der Waals surface area contributed by atoms with Gasteiger partial charge in [-0.25, -0.2) is 0 Å². The number of nitrogens with zero attached hydrogens (tertiary/aromatic N) is 2. The maximum absolute atomic E-state index is 12.5. The number of likely N-dealkylation sites (tertiary alicyclic amines) is 1. The Balaban J connectivity index is 1.62. The third-order valence-electron chi connectivity index (χ3n) is 4.48. The SMILES string of the molecule is C[C@H]1CN(C(=O)CN2CCC[C@@H]2c2ccccc2)CCO1. The van der Waals surface area contributed by atoms with Crippen molar-refractivity contribution in [3.05, 3.63) is 35.9 Å². The molecule has 3 rings (SSSR count). The van der Waals surface area contributed by atoms with Gasteiger partial charge in [0.15, 0.2) is 0 Å². The fourth-order valence-corrected chi connectivity index (χ4v) is 3.39. The predicted molar refractivity (Wildman–Crippen MR) is 82.0 cm³/mol. The molecular formula is C17H24N2O2. The van der Waals surface area contributed by atoms with Crippen LogP contribution in [0.1, 0.15) is 31.4 Å². The maximum Gasteiger partial charge on any atom is 0.236 e. The number of hydrogen-bond acceptors (Lipinski definition) is 3. The monoisotopic (exact) mass is 288 g/mol. The van der Waals surface area contributed by atoms with E-state index in [9.17, 15) is 4.79 Å². The summed E-state index contributed by atoms with van der Waals surface area (Å²) in [6.07, 6.45) is 2.48. The van der Waals surface area contributed by atoms with Gasteiger partial charge in [-0.05, 0) is 31.9 Å². The summed E-state index contributed by atoms with van der Waals surface area (Å²) in [5.41, 5.74) is 1.33. The van der Waals surface area contributed by atoms with Gasteiger partial charge in [0, 0.05) is 19.1 Å². The second-order valence-electron chi connectivity index (χ2n) is 6.06. The first kappa shape index (κ1) is 14.5. The van der Waals surface area contributed by atoms with Crippen LogP contribution in [0.3, 0.4) is 0 Å². The molecule has 2 heterocycles. The van der Waals surface area contributed by atoms with Gasteiger partial charge in [0.2, 0.25) is 5.91 Å². The molecule has 0 radical (unpaired) electrons. The number of carbonyl (C=O) groups excluding carboxylic acids is 1. The number of amides is 1. The van der Waals surface area contributed by atoms with E-state index in [4.69, 9.17) is 4.74 Å². The molecule has 0 saturated carbocycles. The summed E-state index contributed by atoms with van der Waals surface area (Å²) >= 11 is 0. The second kappa shape index (κ2) is 6.58. The maximum atomic E-state index is 12.5. The van der Waals surface area contributed by atoms with Crippen LogP contribution in [-0.4, -0.2) is 54.6 Å². The third kappa shape index (κ3) is 3.44. The van der Waals surface area contributed by atoms with Gasteiger partial charge in [-0.3, -0.25) is 9.69 Å². The molecule has 2 saturated heterocycles. The number of benzene rings is 1. The van der Waals surface area contributed by atoms with Crippen LogP contribution in [0.25, 0.3) is 0 Å². The van der Waals surface area contributed by atoms with Crippen molar-refractivity contribution in [2.45, 2.75) is 31.9 Å². The van der Waals surface area contributed by atoms with E-state index in [1.807, 2.05) is 17.9 Å². The molecule has 0 spiro atoms. The minimum Gasteiger partial charge on any atom is -0.375 e. The van der Waals surface area contributed by atoms with Crippen LogP contribution in [0.5, 0.6) is 0 Å². The third-order valence-corrected chi connectivity index (χ3v) is 4.48. The fraction of sp³-hybridized carbons (Fsp3) is 0.588. The van der Waals surface area contributed by atoms with Gasteiger partial charge in [0.05, 0.1) is 19.3 Å². The van der Waals surface area contributed by atoms with Crippen LogP contribution in [0.15, 0.2) is 30.3 Å². The molecular weight excluding hydrogens is 264 g/mol. The molecule has 21 heavy (non-hydrogen) atoms. The van der Waals surface area contributed by atoms with E-state index in [0.717, 1.165) is 26.1 Å².